The summed E-state index contributed by atoms with van der Waals surface area (Å²) in [7, 11) is 1.66. The van der Waals surface area contributed by atoms with Crippen LogP contribution in [0, 0.1) is 5.92 Å². The first-order chi connectivity index (χ1) is 14.2. The second-order valence-corrected chi connectivity index (χ2v) is 7.89. The Morgan fingerprint density at radius 3 is 2.69 bits per heavy atom. The third kappa shape index (κ3) is 4.78. The van der Waals surface area contributed by atoms with Crippen molar-refractivity contribution in [1.29, 1.82) is 0 Å². The Morgan fingerprint density at radius 2 is 1.93 bits per heavy atom. The Hall–Kier alpha value is -2.82. The minimum absolute atomic E-state index is 0.110. The summed E-state index contributed by atoms with van der Waals surface area (Å²) in [4.78, 5) is 20.9. The second kappa shape index (κ2) is 9.12. The van der Waals surface area contributed by atoms with E-state index in [1.54, 1.807) is 7.11 Å². The van der Waals surface area contributed by atoms with Crippen molar-refractivity contribution in [2.75, 3.05) is 13.7 Å². The van der Waals surface area contributed by atoms with E-state index in [2.05, 4.69) is 5.16 Å². The summed E-state index contributed by atoms with van der Waals surface area (Å²) in [5.74, 6) is 1.18. The Bertz CT molecular complexity index is 859. The number of ether oxygens (including phenoxy) is 1. The molecule has 0 spiro atoms. The van der Waals surface area contributed by atoms with E-state index in [4.69, 9.17) is 9.57 Å². The molecule has 152 valence electrons. The molecule has 2 aliphatic rings. The van der Waals surface area contributed by atoms with Crippen molar-refractivity contribution in [3.8, 4) is 5.75 Å². The summed E-state index contributed by atoms with van der Waals surface area (Å²) >= 11 is 0. The molecule has 1 atom stereocenters. The smallest absolute Gasteiger partial charge is 0.226 e. The molecule has 0 radical (unpaired) electrons. The predicted molar refractivity (Wildman–Crippen MR) is 113 cm³/mol. The highest BCUT2D eigenvalue weighted by molar-refractivity contribution is 6.01. The largest absolute Gasteiger partial charge is 0.497 e. The van der Waals surface area contributed by atoms with Crippen LogP contribution >= 0.6 is 0 Å². The number of hydrogen-bond donors (Lipinski definition) is 0. The molecular formula is C24H28N2O3. The highest BCUT2D eigenvalue weighted by Gasteiger charge is 2.31. The first kappa shape index (κ1) is 19.5. The maximum atomic E-state index is 13.2. The summed E-state index contributed by atoms with van der Waals surface area (Å²) in [6.45, 7) is 1.11. The van der Waals surface area contributed by atoms with Gasteiger partial charge in [-0.2, -0.15) is 0 Å². The Balaban J connectivity index is 1.46. The van der Waals surface area contributed by atoms with Crippen LogP contribution < -0.4 is 4.74 Å². The fourth-order valence-corrected chi connectivity index (χ4v) is 4.23. The minimum Gasteiger partial charge on any atom is -0.497 e. The normalized spacial score (nSPS) is 18.9. The van der Waals surface area contributed by atoms with Crippen LogP contribution in [0.4, 0.5) is 0 Å². The van der Waals surface area contributed by atoms with Gasteiger partial charge in [-0.3, -0.25) is 4.79 Å². The van der Waals surface area contributed by atoms with Gasteiger partial charge in [0, 0.05) is 18.9 Å². The van der Waals surface area contributed by atoms with E-state index in [-0.39, 0.29) is 17.9 Å². The highest BCUT2D eigenvalue weighted by atomic mass is 16.6. The molecule has 0 aromatic heterocycles. The summed E-state index contributed by atoms with van der Waals surface area (Å²) in [5.41, 5.74) is 3.10. The molecule has 0 N–H and O–H groups in total. The zero-order chi connectivity index (χ0) is 20.1. The summed E-state index contributed by atoms with van der Waals surface area (Å²) < 4.78 is 5.35. The monoisotopic (exact) mass is 392 g/mol. The first-order valence-corrected chi connectivity index (χ1v) is 10.4. The molecule has 1 saturated carbocycles. The van der Waals surface area contributed by atoms with Gasteiger partial charge in [-0.25, -0.2) is 0 Å². The number of oxime groups is 1. The molecule has 5 nitrogen and oxygen atoms in total. The van der Waals surface area contributed by atoms with E-state index >= 15 is 0 Å². The topological polar surface area (TPSA) is 51.1 Å². The van der Waals surface area contributed by atoms with Gasteiger partial charge in [0.1, 0.15) is 5.75 Å². The van der Waals surface area contributed by atoms with Crippen LogP contribution in [0.3, 0.4) is 0 Å². The molecule has 29 heavy (non-hydrogen) atoms. The van der Waals surface area contributed by atoms with E-state index in [0.29, 0.717) is 13.1 Å². The van der Waals surface area contributed by atoms with Gasteiger partial charge in [0.2, 0.25) is 5.91 Å². The Kier molecular flexibility index (Phi) is 6.13. The molecular weight excluding hydrogens is 364 g/mol. The van der Waals surface area contributed by atoms with Crippen molar-refractivity contribution in [3.63, 3.8) is 0 Å². The van der Waals surface area contributed by atoms with Gasteiger partial charge in [-0.05, 0) is 36.1 Å². The quantitative estimate of drug-likeness (QED) is 0.701. The fourth-order valence-electron chi connectivity index (χ4n) is 4.23. The predicted octanol–water partition coefficient (Wildman–Crippen LogP) is 4.41. The number of carbonyl (C=O) groups excluding carboxylic acids is 1. The number of rotatable bonds is 7. The summed E-state index contributed by atoms with van der Waals surface area (Å²) in [6.07, 6.45) is 4.88. The zero-order valence-corrected chi connectivity index (χ0v) is 16.9. The van der Waals surface area contributed by atoms with E-state index < -0.39 is 0 Å². The lowest BCUT2D eigenvalue weighted by Crippen LogP contribution is -2.40. The molecule has 1 aliphatic carbocycles. The van der Waals surface area contributed by atoms with Crippen LogP contribution in [0.2, 0.25) is 0 Å². The third-order valence-corrected chi connectivity index (χ3v) is 5.79. The van der Waals surface area contributed by atoms with Crippen molar-refractivity contribution in [3.05, 3.63) is 65.7 Å². The van der Waals surface area contributed by atoms with E-state index in [9.17, 15) is 4.79 Å². The average Bonchev–Trinajstić information content (AvgIpc) is 3.46. The maximum absolute atomic E-state index is 13.2. The van der Waals surface area contributed by atoms with Gasteiger partial charge in [0.25, 0.3) is 0 Å². The lowest BCUT2D eigenvalue weighted by atomic mass is 10.0. The number of amides is 1. The number of carbonyl (C=O) groups is 1. The van der Waals surface area contributed by atoms with Crippen LogP contribution in [-0.4, -0.2) is 36.3 Å². The number of nitrogens with zero attached hydrogens (tertiary/aromatic N) is 2. The summed E-state index contributed by atoms with van der Waals surface area (Å²) in [6, 6.07) is 18.0. The number of methoxy groups -OCH3 is 1. The molecule has 2 aromatic rings. The van der Waals surface area contributed by atoms with E-state index in [1.165, 1.54) is 0 Å². The van der Waals surface area contributed by atoms with Crippen molar-refractivity contribution >= 4 is 11.6 Å². The number of hydrogen-bond acceptors (Lipinski definition) is 4. The first-order valence-electron chi connectivity index (χ1n) is 10.4. The molecule has 1 fully saturated rings. The van der Waals surface area contributed by atoms with Gasteiger partial charge < -0.3 is 14.5 Å². The molecule has 1 heterocycles. The molecule has 0 saturated heterocycles. The lowest BCUT2D eigenvalue weighted by molar-refractivity contribution is -0.137. The third-order valence-electron chi connectivity index (χ3n) is 5.79. The van der Waals surface area contributed by atoms with Crippen molar-refractivity contribution in [1.82, 2.24) is 4.90 Å². The Labute approximate surface area is 172 Å². The van der Waals surface area contributed by atoms with Gasteiger partial charge >= 0.3 is 0 Å². The van der Waals surface area contributed by atoms with Gasteiger partial charge in [-0.15, -0.1) is 0 Å². The molecule has 0 unspecified atom stereocenters. The summed E-state index contributed by atoms with van der Waals surface area (Å²) in [5, 5.41) is 4.29. The standard InChI is InChI=1S/C24H28N2O3/c1-28-21-13-7-8-18(14-21)16-26(24(27)20-11-5-6-12-20)17-22-15-23(25-29-22)19-9-3-2-4-10-19/h2-4,7-10,13-14,20,22H,5-6,11-12,15-17H2,1H3/t22-/m1/s1. The molecule has 5 heteroatoms. The molecule has 2 aromatic carbocycles. The van der Waals surface area contributed by atoms with E-state index in [1.807, 2.05) is 59.5 Å². The van der Waals surface area contributed by atoms with Crippen molar-refractivity contribution in [2.24, 2.45) is 11.1 Å². The van der Waals surface area contributed by atoms with Gasteiger partial charge in [-0.1, -0.05) is 60.5 Å². The van der Waals surface area contributed by atoms with Crippen molar-refractivity contribution < 1.29 is 14.4 Å². The van der Waals surface area contributed by atoms with Crippen LogP contribution in [0.15, 0.2) is 59.8 Å². The van der Waals surface area contributed by atoms with Crippen molar-refractivity contribution in [2.45, 2.75) is 44.8 Å². The molecule has 4 rings (SSSR count). The SMILES string of the molecule is COc1cccc(CN(C[C@H]2CC(c3ccccc3)=NO2)C(=O)C2CCCC2)c1. The maximum Gasteiger partial charge on any atom is 0.226 e. The number of benzene rings is 2. The molecule has 0 bridgehead atoms. The van der Waals surface area contributed by atoms with Gasteiger partial charge in [0.15, 0.2) is 6.10 Å². The highest BCUT2D eigenvalue weighted by Crippen LogP contribution is 2.28. The van der Waals surface area contributed by atoms with Crippen LogP contribution in [0.5, 0.6) is 5.75 Å². The minimum atomic E-state index is -0.110. The Morgan fingerprint density at radius 1 is 1.14 bits per heavy atom. The average molecular weight is 392 g/mol. The van der Waals surface area contributed by atoms with Crippen LogP contribution in [0.1, 0.15) is 43.2 Å². The van der Waals surface area contributed by atoms with Gasteiger partial charge in [0.05, 0.1) is 19.4 Å². The second-order valence-electron chi connectivity index (χ2n) is 7.89. The lowest BCUT2D eigenvalue weighted by Gasteiger charge is -2.27. The van der Waals surface area contributed by atoms with Crippen LogP contribution in [-0.2, 0) is 16.2 Å². The molecule has 1 aliphatic heterocycles. The van der Waals surface area contributed by atoms with Crippen LogP contribution in [0.25, 0.3) is 0 Å². The fraction of sp³-hybridized carbons (Fsp3) is 0.417. The molecule has 1 amide bonds. The zero-order valence-electron chi connectivity index (χ0n) is 16.9. The van der Waals surface area contributed by atoms with E-state index in [0.717, 1.165) is 54.7 Å².